The van der Waals surface area contributed by atoms with Crippen molar-refractivity contribution in [2.45, 2.75) is 70.0 Å². The number of hydrogen-bond donors (Lipinski definition) is 4. The second-order valence-electron chi connectivity index (χ2n) is 9.15. The Hall–Kier alpha value is -2.58. The monoisotopic (exact) mass is 458 g/mol. The van der Waals surface area contributed by atoms with Crippen molar-refractivity contribution >= 4 is 22.9 Å². The number of aromatic nitrogens is 1. The average Bonchev–Trinajstić information content (AvgIpc) is 3.27. The average molecular weight is 459 g/mol. The number of H-pyrrole nitrogens is 1. The lowest BCUT2D eigenvalue weighted by Crippen LogP contribution is -2.55. The van der Waals surface area contributed by atoms with E-state index in [1.165, 1.54) is 0 Å². The van der Waals surface area contributed by atoms with Gasteiger partial charge in [-0.3, -0.25) is 4.79 Å². The van der Waals surface area contributed by atoms with Crippen LogP contribution in [0, 0.1) is 0 Å². The molecule has 2 amide bonds. The van der Waals surface area contributed by atoms with Crippen LogP contribution in [0.5, 0.6) is 0 Å². The first-order valence-corrected chi connectivity index (χ1v) is 12.0. The van der Waals surface area contributed by atoms with E-state index in [0.29, 0.717) is 13.0 Å². The molecule has 8 heteroatoms. The third-order valence-electron chi connectivity index (χ3n) is 6.52. The fraction of sp³-hybridized carbons (Fsp3) is 0.600. The molecule has 1 fully saturated rings. The summed E-state index contributed by atoms with van der Waals surface area (Å²) < 4.78 is 5.17. The second kappa shape index (κ2) is 12.0. The van der Waals surface area contributed by atoms with Crippen LogP contribution in [0.3, 0.4) is 0 Å². The highest BCUT2D eigenvalue weighted by Gasteiger charge is 2.38. The number of nitrogens with zero attached hydrogens (tertiary/aromatic N) is 1. The molecular weight excluding hydrogens is 420 g/mol. The molecule has 8 nitrogen and oxygen atoms in total. The van der Waals surface area contributed by atoms with Crippen LogP contribution in [0.25, 0.3) is 10.9 Å². The van der Waals surface area contributed by atoms with Crippen molar-refractivity contribution in [3.8, 4) is 0 Å². The summed E-state index contributed by atoms with van der Waals surface area (Å²) in [5, 5.41) is 16.8. The molecule has 1 aliphatic heterocycles. The van der Waals surface area contributed by atoms with Gasteiger partial charge in [0, 0.05) is 50.1 Å². The number of carbonyl (C=O) groups is 2. The number of fused-ring (bicyclic) bond motifs is 1. The molecule has 0 spiro atoms. The summed E-state index contributed by atoms with van der Waals surface area (Å²) in [6.45, 7) is 6.41. The summed E-state index contributed by atoms with van der Waals surface area (Å²) in [6, 6.07) is 7.42. The van der Waals surface area contributed by atoms with E-state index in [1.807, 2.05) is 49.2 Å². The van der Waals surface area contributed by atoms with E-state index in [9.17, 15) is 14.7 Å². The van der Waals surface area contributed by atoms with Gasteiger partial charge in [-0.15, -0.1) is 0 Å². The standard InChI is InChI=1S/C25H38N4O4/c1-17(2)29(19-9-7-13-26-16-19)24(30)22(20-10-6-8-18-12-14-27-23(18)20)21(28-25(31)32)11-4-5-15-33-3/h6,8,10,12,14,17,19,21-22,26-28H,4-5,7,9,11,13,15-16H2,1-3H3,(H,31,32)/t19-,21?,22?/m1/s1. The zero-order chi connectivity index (χ0) is 23.8. The third kappa shape index (κ3) is 6.26. The van der Waals surface area contributed by atoms with Crippen LogP contribution in [-0.4, -0.2) is 71.9 Å². The summed E-state index contributed by atoms with van der Waals surface area (Å²) >= 11 is 0. The van der Waals surface area contributed by atoms with Gasteiger partial charge in [0.25, 0.3) is 0 Å². The molecule has 2 unspecified atom stereocenters. The van der Waals surface area contributed by atoms with E-state index >= 15 is 0 Å². The van der Waals surface area contributed by atoms with Crippen LogP contribution in [0.15, 0.2) is 30.5 Å². The molecule has 0 bridgehead atoms. The van der Waals surface area contributed by atoms with Gasteiger partial charge in [0.2, 0.25) is 5.91 Å². The summed E-state index contributed by atoms with van der Waals surface area (Å²) in [5.41, 5.74) is 1.72. The van der Waals surface area contributed by atoms with Gasteiger partial charge >= 0.3 is 6.09 Å². The number of hydrogen-bond acceptors (Lipinski definition) is 4. The summed E-state index contributed by atoms with van der Waals surface area (Å²) in [6.07, 6.45) is 4.83. The van der Waals surface area contributed by atoms with Crippen molar-refractivity contribution in [3.05, 3.63) is 36.0 Å². The number of carbonyl (C=O) groups excluding carboxylic acids is 1. The molecule has 0 aliphatic carbocycles. The molecule has 0 saturated carbocycles. The molecule has 2 aromatic rings. The minimum Gasteiger partial charge on any atom is -0.465 e. The highest BCUT2D eigenvalue weighted by molar-refractivity contribution is 5.92. The molecule has 1 aromatic carbocycles. The van der Waals surface area contributed by atoms with Crippen molar-refractivity contribution < 1.29 is 19.4 Å². The van der Waals surface area contributed by atoms with Crippen LogP contribution in [-0.2, 0) is 9.53 Å². The van der Waals surface area contributed by atoms with Crippen LogP contribution in [0.4, 0.5) is 4.79 Å². The fourth-order valence-corrected chi connectivity index (χ4v) is 5.07. The third-order valence-corrected chi connectivity index (χ3v) is 6.52. The van der Waals surface area contributed by atoms with Crippen molar-refractivity contribution in [3.63, 3.8) is 0 Å². The van der Waals surface area contributed by atoms with E-state index in [0.717, 1.165) is 55.2 Å². The van der Waals surface area contributed by atoms with Gasteiger partial charge in [-0.25, -0.2) is 4.79 Å². The Morgan fingerprint density at radius 3 is 2.76 bits per heavy atom. The van der Waals surface area contributed by atoms with Crippen LogP contribution < -0.4 is 10.6 Å². The Balaban J connectivity index is 2.03. The van der Waals surface area contributed by atoms with Gasteiger partial charge < -0.3 is 30.4 Å². The Morgan fingerprint density at radius 2 is 2.09 bits per heavy atom. The largest absolute Gasteiger partial charge is 0.465 e. The molecule has 0 radical (unpaired) electrons. The molecule has 33 heavy (non-hydrogen) atoms. The maximum Gasteiger partial charge on any atom is 0.404 e. The van der Waals surface area contributed by atoms with Crippen LogP contribution in [0.1, 0.15) is 57.4 Å². The zero-order valence-electron chi connectivity index (χ0n) is 20.0. The molecule has 1 aliphatic rings. The number of aromatic amines is 1. The molecule has 2 heterocycles. The van der Waals surface area contributed by atoms with Crippen LogP contribution in [0.2, 0.25) is 0 Å². The van der Waals surface area contributed by atoms with Gasteiger partial charge in [0.05, 0.1) is 5.92 Å². The Bertz CT molecular complexity index is 907. The van der Waals surface area contributed by atoms with Crippen molar-refractivity contribution in [1.29, 1.82) is 0 Å². The van der Waals surface area contributed by atoms with Crippen molar-refractivity contribution in [1.82, 2.24) is 20.5 Å². The lowest BCUT2D eigenvalue weighted by Gasteiger charge is -2.41. The lowest BCUT2D eigenvalue weighted by molar-refractivity contribution is -0.138. The van der Waals surface area contributed by atoms with Crippen LogP contribution >= 0.6 is 0 Å². The highest BCUT2D eigenvalue weighted by Crippen LogP contribution is 2.33. The summed E-state index contributed by atoms with van der Waals surface area (Å²) in [4.78, 5) is 31.3. The van der Waals surface area contributed by atoms with Gasteiger partial charge in [-0.2, -0.15) is 0 Å². The molecule has 1 saturated heterocycles. The van der Waals surface area contributed by atoms with Crippen molar-refractivity contribution in [2.75, 3.05) is 26.8 Å². The number of unbranched alkanes of at least 4 members (excludes halogenated alkanes) is 1. The normalized spacial score (nSPS) is 18.2. The van der Waals surface area contributed by atoms with Gasteiger partial charge in [-0.1, -0.05) is 18.2 Å². The highest BCUT2D eigenvalue weighted by atomic mass is 16.5. The Labute approximate surface area is 196 Å². The molecule has 4 N–H and O–H groups in total. The predicted molar refractivity (Wildman–Crippen MR) is 130 cm³/mol. The molecule has 182 valence electrons. The minimum absolute atomic E-state index is 0.00622. The Morgan fingerprint density at radius 1 is 1.27 bits per heavy atom. The number of benzene rings is 1. The molecule has 3 rings (SSSR count). The number of nitrogens with one attached hydrogen (secondary N) is 3. The van der Waals surface area contributed by atoms with E-state index in [-0.39, 0.29) is 18.0 Å². The topological polar surface area (TPSA) is 107 Å². The number of piperidine rings is 1. The second-order valence-corrected chi connectivity index (χ2v) is 9.15. The number of rotatable bonds is 11. The number of carboxylic acid groups (broad SMARTS) is 1. The molecule has 3 atom stereocenters. The van der Waals surface area contributed by atoms with Crippen molar-refractivity contribution in [2.24, 2.45) is 0 Å². The van der Waals surface area contributed by atoms with E-state index < -0.39 is 18.1 Å². The van der Waals surface area contributed by atoms with E-state index in [4.69, 9.17) is 4.74 Å². The quantitative estimate of drug-likeness (QED) is 0.384. The van der Waals surface area contributed by atoms with E-state index in [2.05, 4.69) is 15.6 Å². The summed E-state index contributed by atoms with van der Waals surface area (Å²) in [7, 11) is 1.66. The zero-order valence-corrected chi connectivity index (χ0v) is 20.0. The first kappa shape index (κ1) is 25.1. The summed E-state index contributed by atoms with van der Waals surface area (Å²) in [5.74, 6) is -0.651. The Kier molecular flexibility index (Phi) is 9.14. The maximum absolute atomic E-state index is 14.3. The number of methoxy groups -OCH3 is 1. The first-order valence-electron chi connectivity index (χ1n) is 12.0. The first-order chi connectivity index (χ1) is 15.9. The maximum atomic E-state index is 14.3. The van der Waals surface area contributed by atoms with Gasteiger partial charge in [-0.05, 0) is 69.5 Å². The minimum atomic E-state index is -1.11. The van der Waals surface area contributed by atoms with Gasteiger partial charge in [0.15, 0.2) is 0 Å². The lowest BCUT2D eigenvalue weighted by atomic mass is 9.85. The smallest absolute Gasteiger partial charge is 0.404 e. The fourth-order valence-electron chi connectivity index (χ4n) is 5.07. The van der Waals surface area contributed by atoms with Gasteiger partial charge in [0.1, 0.15) is 0 Å². The number of para-hydroxylation sites is 1. The SMILES string of the molecule is COCCCCC(NC(=O)O)C(C(=O)N(C(C)C)[C@@H]1CCCNC1)c1cccc2cc[nH]c12. The molecule has 1 aromatic heterocycles. The number of amides is 2. The predicted octanol–water partition coefficient (Wildman–Crippen LogP) is 3.69. The molecular formula is C25H38N4O4. The van der Waals surface area contributed by atoms with E-state index in [1.54, 1.807) is 7.11 Å². The number of ether oxygens (including phenoxy) is 1.